The first-order valence-electron chi connectivity index (χ1n) is 7.20. The van der Waals surface area contributed by atoms with E-state index in [1.807, 2.05) is 0 Å². The average Bonchev–Trinajstić information content (AvgIpc) is 2.57. The van der Waals surface area contributed by atoms with Crippen molar-refractivity contribution < 1.29 is 19.2 Å². The fraction of sp³-hybridized carbons (Fsp3) is 0.125. The monoisotopic (exact) mass is 397 g/mol. The molecule has 0 heterocycles. The highest BCUT2D eigenvalue weighted by Crippen LogP contribution is 2.26. The molecular formula is C16H13Cl2N3O5. The zero-order chi connectivity index (χ0) is 19.4. The first-order valence-corrected chi connectivity index (χ1v) is 7.95. The molecule has 2 rings (SSSR count). The molecule has 1 amide bonds. The number of hydrogen-bond donors (Lipinski definition) is 2. The van der Waals surface area contributed by atoms with Crippen LogP contribution in [0.4, 0.5) is 17.1 Å². The Morgan fingerprint density at radius 2 is 1.92 bits per heavy atom. The molecule has 136 valence electrons. The largest absolute Gasteiger partial charge is 0.449 e. The first kappa shape index (κ1) is 19.5. The number of halogens is 2. The van der Waals surface area contributed by atoms with Crippen LogP contribution in [-0.2, 0) is 9.53 Å². The summed E-state index contributed by atoms with van der Waals surface area (Å²) in [6.07, 6.45) is -1.17. The molecule has 10 heteroatoms. The molecule has 2 aromatic carbocycles. The average molecular weight is 398 g/mol. The molecule has 8 nitrogen and oxygen atoms in total. The Bertz CT molecular complexity index is 888. The number of nitrogens with zero attached hydrogens (tertiary/aromatic N) is 1. The number of benzene rings is 2. The van der Waals surface area contributed by atoms with Crippen LogP contribution in [0.5, 0.6) is 0 Å². The summed E-state index contributed by atoms with van der Waals surface area (Å²) in [6.45, 7) is 1.35. The second-order valence-electron chi connectivity index (χ2n) is 5.19. The van der Waals surface area contributed by atoms with E-state index in [4.69, 9.17) is 33.7 Å². The zero-order valence-corrected chi connectivity index (χ0v) is 14.9. The van der Waals surface area contributed by atoms with Crippen molar-refractivity contribution in [3.8, 4) is 0 Å². The molecule has 0 radical (unpaired) electrons. The molecule has 0 aromatic heterocycles. The van der Waals surface area contributed by atoms with Gasteiger partial charge in [-0.2, -0.15) is 0 Å². The second-order valence-corrected chi connectivity index (χ2v) is 6.03. The molecule has 0 saturated carbocycles. The van der Waals surface area contributed by atoms with Crippen LogP contribution in [0.25, 0.3) is 0 Å². The third-order valence-electron chi connectivity index (χ3n) is 3.31. The van der Waals surface area contributed by atoms with E-state index in [9.17, 15) is 19.7 Å². The predicted octanol–water partition coefficient (Wildman–Crippen LogP) is 3.67. The summed E-state index contributed by atoms with van der Waals surface area (Å²) < 4.78 is 5.04. The molecular weight excluding hydrogens is 385 g/mol. The minimum absolute atomic E-state index is 0.0870. The highest BCUT2D eigenvalue weighted by atomic mass is 35.5. The number of non-ortho nitro benzene ring substituents is 1. The van der Waals surface area contributed by atoms with Crippen molar-refractivity contribution >= 4 is 52.1 Å². The lowest BCUT2D eigenvalue weighted by molar-refractivity contribution is -0.384. The van der Waals surface area contributed by atoms with Gasteiger partial charge in [-0.3, -0.25) is 14.9 Å². The van der Waals surface area contributed by atoms with Crippen LogP contribution in [0, 0.1) is 10.1 Å². The highest BCUT2D eigenvalue weighted by Gasteiger charge is 2.22. The fourth-order valence-corrected chi connectivity index (χ4v) is 2.29. The van der Waals surface area contributed by atoms with Crippen LogP contribution in [0.3, 0.4) is 0 Å². The van der Waals surface area contributed by atoms with Crippen molar-refractivity contribution in [2.45, 2.75) is 13.0 Å². The molecule has 0 bridgehead atoms. The van der Waals surface area contributed by atoms with Gasteiger partial charge in [0, 0.05) is 17.2 Å². The summed E-state index contributed by atoms with van der Waals surface area (Å²) in [6, 6.07) is 7.82. The van der Waals surface area contributed by atoms with Crippen LogP contribution >= 0.6 is 23.2 Å². The van der Waals surface area contributed by atoms with E-state index in [0.717, 1.165) is 18.2 Å². The summed E-state index contributed by atoms with van der Waals surface area (Å²) in [5.74, 6) is -1.53. The Morgan fingerprint density at radius 1 is 1.23 bits per heavy atom. The van der Waals surface area contributed by atoms with Crippen molar-refractivity contribution in [2.75, 3.05) is 11.1 Å². The number of ether oxygens (including phenoxy) is 1. The standard InChI is InChI=1S/C16H13Cl2N3O5/c1-8(15(22)20-14-6-9(17)2-5-12(14)18)26-16(23)11-4-3-10(21(24)25)7-13(11)19/h2-8H,19H2,1H3,(H,20,22)/t8-/m1/s1. The lowest BCUT2D eigenvalue weighted by Gasteiger charge is -2.15. The molecule has 2 aromatic rings. The number of hydrogen-bond acceptors (Lipinski definition) is 6. The molecule has 0 fully saturated rings. The van der Waals surface area contributed by atoms with Gasteiger partial charge in [0.15, 0.2) is 6.10 Å². The van der Waals surface area contributed by atoms with E-state index >= 15 is 0 Å². The number of rotatable bonds is 5. The number of nitrogen functional groups attached to an aromatic ring is 1. The van der Waals surface area contributed by atoms with Gasteiger partial charge in [-0.1, -0.05) is 23.2 Å². The van der Waals surface area contributed by atoms with Crippen molar-refractivity contribution in [3.05, 3.63) is 62.1 Å². The normalized spacial score (nSPS) is 11.5. The quantitative estimate of drug-likeness (QED) is 0.343. The van der Waals surface area contributed by atoms with Gasteiger partial charge in [-0.15, -0.1) is 0 Å². The lowest BCUT2D eigenvalue weighted by atomic mass is 10.1. The van der Waals surface area contributed by atoms with E-state index in [2.05, 4.69) is 5.32 Å². The molecule has 0 unspecified atom stereocenters. The van der Waals surface area contributed by atoms with E-state index < -0.39 is 22.9 Å². The van der Waals surface area contributed by atoms with Gasteiger partial charge >= 0.3 is 5.97 Å². The van der Waals surface area contributed by atoms with Crippen LogP contribution in [-0.4, -0.2) is 22.9 Å². The Hall–Kier alpha value is -2.84. The van der Waals surface area contributed by atoms with Crippen molar-refractivity contribution in [1.29, 1.82) is 0 Å². The molecule has 0 aliphatic rings. The fourth-order valence-electron chi connectivity index (χ4n) is 1.95. The van der Waals surface area contributed by atoms with Gasteiger partial charge in [0.05, 0.1) is 26.9 Å². The number of nitrogens with two attached hydrogens (primary N) is 1. The number of nitro groups is 1. The predicted molar refractivity (Wildman–Crippen MR) is 97.5 cm³/mol. The van der Waals surface area contributed by atoms with Gasteiger partial charge in [0.2, 0.25) is 0 Å². The Morgan fingerprint density at radius 3 is 2.54 bits per heavy atom. The summed E-state index contributed by atoms with van der Waals surface area (Å²) in [5, 5.41) is 13.8. The third-order valence-corrected chi connectivity index (χ3v) is 3.87. The lowest BCUT2D eigenvalue weighted by Crippen LogP contribution is -2.30. The number of anilines is 2. The van der Waals surface area contributed by atoms with E-state index in [-0.39, 0.29) is 27.6 Å². The van der Waals surface area contributed by atoms with Crippen molar-refractivity contribution in [1.82, 2.24) is 0 Å². The van der Waals surface area contributed by atoms with Crippen LogP contribution in [0.2, 0.25) is 10.0 Å². The van der Waals surface area contributed by atoms with E-state index in [1.165, 1.54) is 19.1 Å². The van der Waals surface area contributed by atoms with Gasteiger partial charge in [-0.05, 0) is 31.2 Å². The maximum atomic E-state index is 12.2. The highest BCUT2D eigenvalue weighted by molar-refractivity contribution is 6.35. The minimum atomic E-state index is -1.17. The molecule has 0 aliphatic carbocycles. The maximum Gasteiger partial charge on any atom is 0.341 e. The molecule has 0 saturated heterocycles. The SMILES string of the molecule is C[C@@H](OC(=O)c1ccc([N+](=O)[O-])cc1N)C(=O)Nc1cc(Cl)ccc1Cl. The van der Waals surface area contributed by atoms with Gasteiger partial charge in [0.25, 0.3) is 11.6 Å². The molecule has 26 heavy (non-hydrogen) atoms. The smallest absolute Gasteiger partial charge is 0.341 e. The van der Waals surface area contributed by atoms with Crippen LogP contribution in [0.1, 0.15) is 17.3 Å². The topological polar surface area (TPSA) is 125 Å². The van der Waals surface area contributed by atoms with Crippen molar-refractivity contribution in [2.24, 2.45) is 0 Å². The van der Waals surface area contributed by atoms with Gasteiger partial charge in [0.1, 0.15) is 0 Å². The number of nitrogens with one attached hydrogen (secondary N) is 1. The minimum Gasteiger partial charge on any atom is -0.449 e. The Labute approximate surface area is 158 Å². The zero-order valence-electron chi connectivity index (χ0n) is 13.4. The number of esters is 1. The Kier molecular flexibility index (Phi) is 6.01. The third kappa shape index (κ3) is 4.62. The first-order chi connectivity index (χ1) is 12.2. The molecule has 0 aliphatic heterocycles. The van der Waals surface area contributed by atoms with Crippen LogP contribution in [0.15, 0.2) is 36.4 Å². The molecule has 0 spiro atoms. The summed E-state index contributed by atoms with van der Waals surface area (Å²) >= 11 is 11.8. The number of carbonyl (C=O) groups is 2. The maximum absolute atomic E-state index is 12.2. The van der Waals surface area contributed by atoms with Gasteiger partial charge < -0.3 is 15.8 Å². The molecule has 1 atom stereocenters. The van der Waals surface area contributed by atoms with Crippen LogP contribution < -0.4 is 11.1 Å². The second kappa shape index (κ2) is 8.03. The molecule has 3 N–H and O–H groups in total. The summed E-state index contributed by atoms with van der Waals surface area (Å²) in [7, 11) is 0. The summed E-state index contributed by atoms with van der Waals surface area (Å²) in [5.41, 5.74) is 5.42. The number of nitro benzene ring substituents is 1. The Balaban J connectivity index is 2.07. The van der Waals surface area contributed by atoms with E-state index in [1.54, 1.807) is 6.07 Å². The van der Waals surface area contributed by atoms with Gasteiger partial charge in [-0.25, -0.2) is 4.79 Å². The van der Waals surface area contributed by atoms with E-state index in [0.29, 0.717) is 5.02 Å². The van der Waals surface area contributed by atoms with Crippen molar-refractivity contribution in [3.63, 3.8) is 0 Å². The number of carbonyl (C=O) groups excluding carboxylic acids is 2. The number of amides is 1. The summed E-state index contributed by atoms with van der Waals surface area (Å²) in [4.78, 5) is 34.3.